The Balaban J connectivity index is 2.38. The minimum absolute atomic E-state index is 0.576. The van der Waals surface area contributed by atoms with Crippen LogP contribution in [0, 0.1) is 0 Å². The zero-order chi connectivity index (χ0) is 7.61. The van der Waals surface area contributed by atoms with Crippen molar-refractivity contribution in [2.75, 3.05) is 26.4 Å². The van der Waals surface area contributed by atoms with Crippen molar-refractivity contribution in [2.24, 2.45) is 0 Å². The van der Waals surface area contributed by atoms with Crippen LogP contribution in [0.3, 0.4) is 0 Å². The molecule has 0 aromatic rings. The van der Waals surface area contributed by atoms with E-state index in [1.54, 1.807) is 0 Å². The Morgan fingerprint density at radius 1 is 1.30 bits per heavy atom. The van der Waals surface area contributed by atoms with Gasteiger partial charge in [-0.05, 0) is 39.2 Å². The van der Waals surface area contributed by atoms with Gasteiger partial charge in [-0.15, -0.1) is 0 Å². The van der Waals surface area contributed by atoms with Crippen LogP contribution in [-0.4, -0.2) is 36.0 Å². The molecule has 0 N–H and O–H groups in total. The Morgan fingerprint density at radius 2 is 1.80 bits per heavy atom. The van der Waals surface area contributed by atoms with Crippen LogP contribution in [0.1, 0.15) is 19.8 Å². The second-order valence-electron chi connectivity index (χ2n) is 3.46. The predicted octanol–water partition coefficient (Wildman–Crippen LogP) is 1.83. The van der Waals surface area contributed by atoms with Crippen LogP contribution in [0.4, 0.5) is 0 Å². The topological polar surface area (TPSA) is 3.24 Å². The van der Waals surface area contributed by atoms with Gasteiger partial charge >= 0.3 is 0 Å². The molecule has 0 amide bonds. The minimum Gasteiger partial charge on any atom is -0.306 e. The maximum absolute atomic E-state index is 2.41. The summed E-state index contributed by atoms with van der Waals surface area (Å²) in [6.07, 6.45) is 4.93. The number of thioether (sulfide) groups is 1. The third kappa shape index (κ3) is 1.89. The van der Waals surface area contributed by atoms with Crippen LogP contribution in [-0.2, 0) is 0 Å². The summed E-state index contributed by atoms with van der Waals surface area (Å²) in [5.41, 5.74) is 0. The van der Waals surface area contributed by atoms with E-state index in [1.165, 1.54) is 25.9 Å². The lowest BCUT2D eigenvalue weighted by atomic mass is 9.98. The summed E-state index contributed by atoms with van der Waals surface area (Å²) in [6.45, 7) is 4.93. The molecule has 1 heterocycles. The SMILES string of the molecule is CSC1(C)CCN(C)CC1. The first-order valence-corrected chi connectivity index (χ1v) is 5.12. The summed E-state index contributed by atoms with van der Waals surface area (Å²) in [7, 11) is 2.21. The summed E-state index contributed by atoms with van der Waals surface area (Å²) < 4.78 is 0.576. The highest BCUT2D eigenvalue weighted by Gasteiger charge is 2.27. The molecular weight excluding hydrogens is 142 g/mol. The lowest BCUT2D eigenvalue weighted by molar-refractivity contribution is 0.247. The monoisotopic (exact) mass is 159 g/mol. The van der Waals surface area contributed by atoms with Crippen molar-refractivity contribution in [1.29, 1.82) is 0 Å². The lowest BCUT2D eigenvalue weighted by Gasteiger charge is -2.36. The number of likely N-dealkylation sites (tertiary alicyclic amines) is 1. The van der Waals surface area contributed by atoms with Crippen molar-refractivity contribution in [1.82, 2.24) is 4.90 Å². The van der Waals surface area contributed by atoms with Crippen LogP contribution >= 0.6 is 11.8 Å². The molecule has 0 atom stereocenters. The van der Waals surface area contributed by atoms with E-state index in [0.717, 1.165) is 0 Å². The van der Waals surface area contributed by atoms with Gasteiger partial charge in [-0.25, -0.2) is 0 Å². The molecule has 1 saturated heterocycles. The van der Waals surface area contributed by atoms with Crippen molar-refractivity contribution in [2.45, 2.75) is 24.5 Å². The zero-order valence-electron chi connectivity index (χ0n) is 7.18. The van der Waals surface area contributed by atoms with Crippen LogP contribution in [0.5, 0.6) is 0 Å². The summed E-state index contributed by atoms with van der Waals surface area (Å²) in [5, 5.41) is 0. The Bertz CT molecular complexity index is 106. The number of nitrogens with zero attached hydrogens (tertiary/aromatic N) is 1. The van der Waals surface area contributed by atoms with Gasteiger partial charge in [-0.3, -0.25) is 0 Å². The van der Waals surface area contributed by atoms with Gasteiger partial charge in [0, 0.05) is 4.75 Å². The van der Waals surface area contributed by atoms with E-state index in [9.17, 15) is 0 Å². The average Bonchev–Trinajstić information content (AvgIpc) is 1.96. The molecule has 1 nitrogen and oxygen atoms in total. The fourth-order valence-corrected chi connectivity index (χ4v) is 1.89. The van der Waals surface area contributed by atoms with E-state index < -0.39 is 0 Å². The summed E-state index contributed by atoms with van der Waals surface area (Å²) >= 11 is 2.02. The molecule has 0 saturated carbocycles. The van der Waals surface area contributed by atoms with Crippen LogP contribution in [0.25, 0.3) is 0 Å². The molecule has 1 fully saturated rings. The molecule has 60 valence electrons. The van der Waals surface area contributed by atoms with Crippen molar-refractivity contribution >= 4 is 11.8 Å². The number of piperidine rings is 1. The molecule has 0 aromatic carbocycles. The summed E-state index contributed by atoms with van der Waals surface area (Å²) in [5.74, 6) is 0. The van der Waals surface area contributed by atoms with E-state index in [2.05, 4.69) is 25.1 Å². The summed E-state index contributed by atoms with van der Waals surface area (Å²) in [6, 6.07) is 0. The third-order valence-electron chi connectivity index (χ3n) is 2.54. The van der Waals surface area contributed by atoms with Gasteiger partial charge in [-0.1, -0.05) is 6.92 Å². The smallest absolute Gasteiger partial charge is 0.0153 e. The fourth-order valence-electron chi connectivity index (χ4n) is 1.30. The number of hydrogen-bond acceptors (Lipinski definition) is 2. The van der Waals surface area contributed by atoms with E-state index in [0.29, 0.717) is 4.75 Å². The first-order chi connectivity index (χ1) is 4.66. The fraction of sp³-hybridized carbons (Fsp3) is 1.00. The van der Waals surface area contributed by atoms with E-state index in [1.807, 2.05) is 11.8 Å². The molecule has 0 unspecified atom stereocenters. The second-order valence-corrected chi connectivity index (χ2v) is 4.85. The molecular formula is C8H17NS. The Labute approximate surface area is 68.2 Å². The standard InChI is InChI=1S/C8H17NS/c1-8(10-3)4-6-9(2)7-5-8/h4-7H2,1-3H3. The quantitative estimate of drug-likeness (QED) is 0.574. The molecule has 0 radical (unpaired) electrons. The Hall–Kier alpha value is 0.310. The molecule has 0 aromatic heterocycles. The van der Waals surface area contributed by atoms with E-state index >= 15 is 0 Å². The van der Waals surface area contributed by atoms with Gasteiger partial charge in [-0.2, -0.15) is 11.8 Å². The third-order valence-corrected chi connectivity index (χ3v) is 3.93. The number of rotatable bonds is 1. The Kier molecular flexibility index (Phi) is 2.64. The molecule has 1 aliphatic rings. The minimum atomic E-state index is 0.576. The molecule has 2 heteroatoms. The van der Waals surface area contributed by atoms with E-state index in [-0.39, 0.29) is 0 Å². The van der Waals surface area contributed by atoms with Gasteiger partial charge in [0.25, 0.3) is 0 Å². The molecule has 0 bridgehead atoms. The zero-order valence-corrected chi connectivity index (χ0v) is 8.00. The highest BCUT2D eigenvalue weighted by molar-refractivity contribution is 7.99. The lowest BCUT2D eigenvalue weighted by Crippen LogP contribution is -2.38. The molecule has 0 aliphatic carbocycles. The van der Waals surface area contributed by atoms with Crippen molar-refractivity contribution in [3.63, 3.8) is 0 Å². The van der Waals surface area contributed by atoms with Crippen molar-refractivity contribution < 1.29 is 0 Å². The van der Waals surface area contributed by atoms with E-state index in [4.69, 9.17) is 0 Å². The Morgan fingerprint density at radius 3 is 2.20 bits per heavy atom. The highest BCUT2D eigenvalue weighted by Crippen LogP contribution is 2.32. The van der Waals surface area contributed by atoms with Gasteiger partial charge in [0.05, 0.1) is 0 Å². The predicted molar refractivity (Wildman–Crippen MR) is 48.7 cm³/mol. The molecule has 1 rings (SSSR count). The summed E-state index contributed by atoms with van der Waals surface area (Å²) in [4.78, 5) is 2.41. The normalized spacial score (nSPS) is 26.7. The van der Waals surface area contributed by atoms with Crippen LogP contribution < -0.4 is 0 Å². The highest BCUT2D eigenvalue weighted by atomic mass is 32.2. The molecule has 10 heavy (non-hydrogen) atoms. The maximum atomic E-state index is 2.41. The average molecular weight is 159 g/mol. The van der Waals surface area contributed by atoms with Crippen LogP contribution in [0.15, 0.2) is 0 Å². The maximum Gasteiger partial charge on any atom is 0.0153 e. The molecule has 0 spiro atoms. The largest absolute Gasteiger partial charge is 0.306 e. The van der Waals surface area contributed by atoms with Crippen molar-refractivity contribution in [3.8, 4) is 0 Å². The first kappa shape index (κ1) is 8.41. The van der Waals surface area contributed by atoms with Crippen LogP contribution in [0.2, 0.25) is 0 Å². The van der Waals surface area contributed by atoms with Gasteiger partial charge in [0.1, 0.15) is 0 Å². The number of hydrogen-bond donors (Lipinski definition) is 0. The van der Waals surface area contributed by atoms with Gasteiger partial charge in [0.15, 0.2) is 0 Å². The molecule has 1 aliphatic heterocycles. The van der Waals surface area contributed by atoms with Gasteiger partial charge in [0.2, 0.25) is 0 Å². The second kappa shape index (κ2) is 3.14. The van der Waals surface area contributed by atoms with Crippen molar-refractivity contribution in [3.05, 3.63) is 0 Å². The first-order valence-electron chi connectivity index (χ1n) is 3.90. The van der Waals surface area contributed by atoms with Gasteiger partial charge < -0.3 is 4.90 Å².